The van der Waals surface area contributed by atoms with E-state index in [0.717, 1.165) is 11.3 Å². The van der Waals surface area contributed by atoms with Gasteiger partial charge in [0.1, 0.15) is 5.75 Å². The van der Waals surface area contributed by atoms with Gasteiger partial charge in [-0.1, -0.05) is 12.1 Å². The Morgan fingerprint density at radius 3 is 2.55 bits per heavy atom. The Labute approximate surface area is 127 Å². The van der Waals surface area contributed by atoms with Gasteiger partial charge in [0.2, 0.25) is 0 Å². The third kappa shape index (κ3) is 3.58. The molecule has 0 radical (unpaired) electrons. The summed E-state index contributed by atoms with van der Waals surface area (Å²) in [6.07, 6.45) is 0. The summed E-state index contributed by atoms with van der Waals surface area (Å²) in [7, 11) is 0. The first-order valence-corrected chi connectivity index (χ1v) is 6.68. The Bertz CT molecular complexity index is 679. The summed E-state index contributed by atoms with van der Waals surface area (Å²) in [5.74, 6) is -0.682. The first-order chi connectivity index (χ1) is 10.4. The molecule has 0 fully saturated rings. The van der Waals surface area contributed by atoms with Gasteiger partial charge in [-0.2, -0.15) is 8.78 Å². The maximum Gasteiger partial charge on any atom is 0.387 e. The van der Waals surface area contributed by atoms with E-state index in [0.29, 0.717) is 11.4 Å². The standard InChI is InChI=1S/C16H16F2N2O2/c1-9-8-10(2)19-11(3)14(9)20-15(21)12-6-4-5-7-13(12)22-16(17)18/h4-8,16H,1-3H3,(H,20,21). The zero-order chi connectivity index (χ0) is 16.3. The number of benzene rings is 1. The van der Waals surface area contributed by atoms with Crippen molar-refractivity contribution in [2.45, 2.75) is 27.4 Å². The topological polar surface area (TPSA) is 51.2 Å². The Morgan fingerprint density at radius 2 is 1.91 bits per heavy atom. The number of para-hydroxylation sites is 1. The van der Waals surface area contributed by atoms with Crippen LogP contribution in [0.5, 0.6) is 5.75 Å². The summed E-state index contributed by atoms with van der Waals surface area (Å²) in [6, 6.07) is 7.70. The third-order valence-corrected chi connectivity index (χ3v) is 3.11. The molecule has 1 heterocycles. The van der Waals surface area contributed by atoms with Crippen LogP contribution in [-0.2, 0) is 0 Å². The average molecular weight is 306 g/mol. The van der Waals surface area contributed by atoms with Crippen LogP contribution >= 0.6 is 0 Å². The van der Waals surface area contributed by atoms with Crippen LogP contribution in [0.25, 0.3) is 0 Å². The second-order valence-electron chi connectivity index (χ2n) is 4.87. The van der Waals surface area contributed by atoms with Crippen LogP contribution in [0.15, 0.2) is 30.3 Å². The number of pyridine rings is 1. The molecule has 1 aromatic carbocycles. The number of carbonyl (C=O) groups excluding carboxylic acids is 1. The van der Waals surface area contributed by atoms with E-state index in [2.05, 4.69) is 15.0 Å². The van der Waals surface area contributed by atoms with Gasteiger partial charge in [0.05, 0.1) is 16.9 Å². The zero-order valence-corrected chi connectivity index (χ0v) is 12.5. The van der Waals surface area contributed by atoms with Gasteiger partial charge in [0.25, 0.3) is 5.91 Å². The van der Waals surface area contributed by atoms with Gasteiger partial charge in [0.15, 0.2) is 0 Å². The number of hydrogen-bond donors (Lipinski definition) is 1. The van der Waals surface area contributed by atoms with E-state index >= 15 is 0 Å². The smallest absolute Gasteiger partial charge is 0.387 e. The minimum absolute atomic E-state index is 0.0437. The van der Waals surface area contributed by atoms with Gasteiger partial charge in [0, 0.05) is 5.69 Å². The van der Waals surface area contributed by atoms with E-state index in [1.807, 2.05) is 19.9 Å². The van der Waals surface area contributed by atoms with Crippen molar-refractivity contribution in [2.75, 3.05) is 5.32 Å². The van der Waals surface area contributed by atoms with Crippen LogP contribution < -0.4 is 10.1 Å². The lowest BCUT2D eigenvalue weighted by Crippen LogP contribution is -2.16. The zero-order valence-electron chi connectivity index (χ0n) is 12.5. The van der Waals surface area contributed by atoms with Gasteiger partial charge in [-0.05, 0) is 44.5 Å². The number of alkyl halides is 2. The highest BCUT2D eigenvalue weighted by Gasteiger charge is 2.17. The molecule has 4 nitrogen and oxygen atoms in total. The summed E-state index contributed by atoms with van der Waals surface area (Å²) in [5, 5.41) is 2.71. The molecule has 1 amide bonds. The van der Waals surface area contributed by atoms with Crippen molar-refractivity contribution in [1.29, 1.82) is 0 Å². The van der Waals surface area contributed by atoms with E-state index in [4.69, 9.17) is 0 Å². The Hall–Kier alpha value is -2.50. The van der Waals surface area contributed by atoms with E-state index in [9.17, 15) is 13.6 Å². The number of anilines is 1. The average Bonchev–Trinajstić information content (AvgIpc) is 2.42. The third-order valence-electron chi connectivity index (χ3n) is 3.11. The van der Waals surface area contributed by atoms with E-state index in [1.165, 1.54) is 18.2 Å². The molecule has 1 N–H and O–H groups in total. The molecule has 0 aliphatic rings. The molecular formula is C16H16F2N2O2. The minimum atomic E-state index is -2.99. The minimum Gasteiger partial charge on any atom is -0.434 e. The van der Waals surface area contributed by atoms with E-state index in [1.54, 1.807) is 13.0 Å². The molecule has 22 heavy (non-hydrogen) atoms. The predicted octanol–water partition coefficient (Wildman–Crippen LogP) is 3.86. The van der Waals surface area contributed by atoms with Crippen LogP contribution in [0.2, 0.25) is 0 Å². The highest BCUT2D eigenvalue weighted by Crippen LogP contribution is 2.24. The van der Waals surface area contributed by atoms with Crippen molar-refractivity contribution >= 4 is 11.6 Å². The summed E-state index contributed by atoms with van der Waals surface area (Å²) in [5.41, 5.74) is 2.97. The first kappa shape index (κ1) is 15.9. The maximum atomic E-state index is 12.4. The number of nitrogens with zero attached hydrogens (tertiary/aromatic N) is 1. The van der Waals surface area contributed by atoms with Crippen molar-refractivity contribution < 1.29 is 18.3 Å². The molecule has 116 valence electrons. The van der Waals surface area contributed by atoms with Crippen LogP contribution in [0, 0.1) is 20.8 Å². The summed E-state index contributed by atoms with van der Waals surface area (Å²) >= 11 is 0. The number of rotatable bonds is 4. The fraction of sp³-hybridized carbons (Fsp3) is 0.250. The molecule has 0 atom stereocenters. The normalized spacial score (nSPS) is 10.6. The van der Waals surface area contributed by atoms with Gasteiger partial charge >= 0.3 is 6.61 Å². The Morgan fingerprint density at radius 1 is 1.23 bits per heavy atom. The van der Waals surface area contributed by atoms with Crippen molar-refractivity contribution in [3.05, 3.63) is 52.8 Å². The summed E-state index contributed by atoms with van der Waals surface area (Å²) < 4.78 is 29.2. The van der Waals surface area contributed by atoms with Gasteiger partial charge in [-0.3, -0.25) is 9.78 Å². The largest absolute Gasteiger partial charge is 0.434 e. The lowest BCUT2D eigenvalue weighted by molar-refractivity contribution is -0.0501. The fourth-order valence-corrected chi connectivity index (χ4v) is 2.25. The van der Waals surface area contributed by atoms with Gasteiger partial charge < -0.3 is 10.1 Å². The highest BCUT2D eigenvalue weighted by atomic mass is 19.3. The second kappa shape index (κ2) is 6.51. The van der Waals surface area contributed by atoms with Gasteiger partial charge in [-0.15, -0.1) is 0 Å². The highest BCUT2D eigenvalue weighted by molar-refractivity contribution is 6.06. The van der Waals surface area contributed by atoms with Crippen LogP contribution in [0.3, 0.4) is 0 Å². The fourth-order valence-electron chi connectivity index (χ4n) is 2.25. The molecule has 6 heteroatoms. The van der Waals surface area contributed by atoms with Gasteiger partial charge in [-0.25, -0.2) is 0 Å². The quantitative estimate of drug-likeness (QED) is 0.933. The molecule has 0 aliphatic carbocycles. The number of carbonyl (C=O) groups is 1. The second-order valence-corrected chi connectivity index (χ2v) is 4.87. The van der Waals surface area contributed by atoms with Crippen LogP contribution in [0.4, 0.5) is 14.5 Å². The number of amides is 1. The predicted molar refractivity (Wildman–Crippen MR) is 79.5 cm³/mol. The first-order valence-electron chi connectivity index (χ1n) is 6.68. The molecule has 1 aromatic heterocycles. The molecule has 0 saturated heterocycles. The van der Waals surface area contributed by atoms with Crippen molar-refractivity contribution in [1.82, 2.24) is 4.98 Å². The maximum absolute atomic E-state index is 12.4. The van der Waals surface area contributed by atoms with E-state index < -0.39 is 12.5 Å². The molecule has 0 saturated carbocycles. The number of hydrogen-bond acceptors (Lipinski definition) is 3. The molecule has 2 aromatic rings. The Kier molecular flexibility index (Phi) is 4.70. The molecule has 2 rings (SSSR count). The molecular weight excluding hydrogens is 290 g/mol. The molecule has 0 unspecified atom stereocenters. The molecule has 0 spiro atoms. The molecule has 0 aliphatic heterocycles. The SMILES string of the molecule is Cc1cc(C)c(NC(=O)c2ccccc2OC(F)F)c(C)n1. The summed E-state index contributed by atoms with van der Waals surface area (Å²) in [4.78, 5) is 16.6. The van der Waals surface area contributed by atoms with Crippen molar-refractivity contribution in [2.24, 2.45) is 0 Å². The van der Waals surface area contributed by atoms with E-state index in [-0.39, 0.29) is 11.3 Å². The Balaban J connectivity index is 2.31. The summed E-state index contributed by atoms with van der Waals surface area (Å²) in [6.45, 7) is 2.49. The number of halogens is 2. The van der Waals surface area contributed by atoms with Crippen LogP contribution in [-0.4, -0.2) is 17.5 Å². The molecule has 0 bridgehead atoms. The van der Waals surface area contributed by atoms with Crippen molar-refractivity contribution in [3.8, 4) is 5.75 Å². The number of aryl methyl sites for hydroxylation is 3. The van der Waals surface area contributed by atoms with Crippen molar-refractivity contribution in [3.63, 3.8) is 0 Å². The monoisotopic (exact) mass is 306 g/mol. The van der Waals surface area contributed by atoms with Crippen LogP contribution in [0.1, 0.15) is 27.3 Å². The lowest BCUT2D eigenvalue weighted by atomic mass is 10.1. The number of aromatic nitrogens is 1. The number of ether oxygens (including phenoxy) is 1. The lowest BCUT2D eigenvalue weighted by Gasteiger charge is -2.14. The number of nitrogens with one attached hydrogen (secondary N) is 1.